The Morgan fingerprint density at radius 2 is 1.91 bits per heavy atom. The number of hydrogen-bond acceptors (Lipinski definition) is 4. The van der Waals surface area contributed by atoms with Gasteiger partial charge in [-0.1, -0.05) is 25.3 Å². The molecule has 0 radical (unpaired) electrons. The topological polar surface area (TPSA) is 79.7 Å². The maximum absolute atomic E-state index is 12.7. The van der Waals surface area contributed by atoms with Gasteiger partial charge in [0, 0.05) is 13.1 Å². The average molecular weight is 320 g/mol. The van der Waals surface area contributed by atoms with E-state index in [2.05, 4.69) is 4.98 Å². The molecule has 1 heterocycles. The SMILES string of the molecule is CC(C)Oc1cccc(C(=O)N(C)C2(C(=O)O)CCCCC2)n1. The molecule has 1 fully saturated rings. The van der Waals surface area contributed by atoms with Gasteiger partial charge in [-0.05, 0) is 32.8 Å². The first-order chi connectivity index (χ1) is 10.9. The van der Waals surface area contributed by atoms with E-state index in [1.54, 1.807) is 25.2 Å². The molecule has 0 spiro atoms. The minimum atomic E-state index is -1.13. The van der Waals surface area contributed by atoms with Crippen LogP contribution >= 0.6 is 0 Å². The van der Waals surface area contributed by atoms with Gasteiger partial charge in [0.1, 0.15) is 11.2 Å². The van der Waals surface area contributed by atoms with Gasteiger partial charge in [0.2, 0.25) is 5.88 Å². The summed E-state index contributed by atoms with van der Waals surface area (Å²) >= 11 is 0. The molecule has 1 aromatic rings. The maximum atomic E-state index is 12.7. The third kappa shape index (κ3) is 3.63. The fourth-order valence-electron chi connectivity index (χ4n) is 3.04. The van der Waals surface area contributed by atoms with Gasteiger partial charge in [0.25, 0.3) is 5.91 Å². The summed E-state index contributed by atoms with van der Waals surface area (Å²) in [6.45, 7) is 3.76. The molecule has 1 saturated carbocycles. The molecule has 0 aromatic carbocycles. The number of carboxylic acid groups (broad SMARTS) is 1. The second-order valence-corrected chi connectivity index (χ2v) is 6.29. The third-order valence-corrected chi connectivity index (χ3v) is 4.32. The van der Waals surface area contributed by atoms with Gasteiger partial charge < -0.3 is 14.7 Å². The molecule has 2 rings (SSSR count). The summed E-state index contributed by atoms with van der Waals surface area (Å²) in [5.74, 6) is -0.960. The van der Waals surface area contributed by atoms with E-state index in [4.69, 9.17) is 4.74 Å². The number of ether oxygens (including phenoxy) is 1. The molecule has 0 unspecified atom stereocenters. The van der Waals surface area contributed by atoms with E-state index in [1.807, 2.05) is 13.8 Å². The fraction of sp³-hybridized carbons (Fsp3) is 0.588. The van der Waals surface area contributed by atoms with Crippen LogP contribution in [-0.4, -0.2) is 45.6 Å². The van der Waals surface area contributed by atoms with Crippen molar-refractivity contribution in [3.8, 4) is 5.88 Å². The zero-order chi connectivity index (χ0) is 17.0. The lowest BCUT2D eigenvalue weighted by Crippen LogP contribution is -2.56. The van der Waals surface area contributed by atoms with Crippen molar-refractivity contribution < 1.29 is 19.4 Å². The summed E-state index contributed by atoms with van der Waals surface area (Å²) in [4.78, 5) is 30.1. The highest BCUT2D eigenvalue weighted by Crippen LogP contribution is 2.34. The zero-order valence-corrected chi connectivity index (χ0v) is 13.9. The van der Waals surface area contributed by atoms with Gasteiger partial charge in [0.15, 0.2) is 0 Å². The Balaban J connectivity index is 2.26. The molecule has 0 saturated heterocycles. The largest absolute Gasteiger partial charge is 0.479 e. The minimum Gasteiger partial charge on any atom is -0.479 e. The Bertz CT molecular complexity index is 580. The van der Waals surface area contributed by atoms with E-state index in [1.165, 1.54) is 4.90 Å². The fourth-order valence-corrected chi connectivity index (χ4v) is 3.04. The van der Waals surface area contributed by atoms with E-state index in [9.17, 15) is 14.7 Å². The summed E-state index contributed by atoms with van der Waals surface area (Å²) in [7, 11) is 1.55. The quantitative estimate of drug-likeness (QED) is 0.902. The number of likely N-dealkylation sites (N-methyl/N-ethyl adjacent to an activating group) is 1. The van der Waals surface area contributed by atoms with Gasteiger partial charge in [0.05, 0.1) is 6.10 Å². The van der Waals surface area contributed by atoms with E-state index >= 15 is 0 Å². The first-order valence-corrected chi connectivity index (χ1v) is 8.02. The molecule has 1 aromatic heterocycles. The smallest absolute Gasteiger partial charge is 0.329 e. The molecule has 1 N–H and O–H groups in total. The highest BCUT2D eigenvalue weighted by Gasteiger charge is 2.45. The van der Waals surface area contributed by atoms with Crippen molar-refractivity contribution in [3.63, 3.8) is 0 Å². The number of rotatable bonds is 5. The van der Waals surface area contributed by atoms with Gasteiger partial charge >= 0.3 is 5.97 Å². The average Bonchev–Trinajstić information content (AvgIpc) is 2.53. The van der Waals surface area contributed by atoms with Gasteiger partial charge in [-0.25, -0.2) is 9.78 Å². The molecule has 1 aliphatic rings. The monoisotopic (exact) mass is 320 g/mol. The number of nitrogens with zero attached hydrogens (tertiary/aromatic N) is 2. The number of carbonyl (C=O) groups excluding carboxylic acids is 1. The van der Waals surface area contributed by atoms with Crippen molar-refractivity contribution in [2.75, 3.05) is 7.05 Å². The lowest BCUT2D eigenvalue weighted by atomic mass is 9.80. The Morgan fingerprint density at radius 1 is 1.26 bits per heavy atom. The van der Waals surface area contributed by atoms with Gasteiger partial charge in [-0.15, -0.1) is 0 Å². The number of carboxylic acids is 1. The van der Waals surface area contributed by atoms with Crippen LogP contribution in [0, 0.1) is 0 Å². The summed E-state index contributed by atoms with van der Waals surface area (Å²) < 4.78 is 5.50. The summed E-state index contributed by atoms with van der Waals surface area (Å²) in [6, 6.07) is 4.97. The van der Waals surface area contributed by atoms with Crippen molar-refractivity contribution >= 4 is 11.9 Å². The second-order valence-electron chi connectivity index (χ2n) is 6.29. The molecule has 0 aliphatic heterocycles. The predicted octanol–water partition coefficient (Wildman–Crippen LogP) is 2.73. The minimum absolute atomic E-state index is 0.0470. The van der Waals surface area contributed by atoms with Crippen molar-refractivity contribution in [1.29, 1.82) is 0 Å². The molecule has 1 amide bonds. The second kappa shape index (κ2) is 6.98. The number of hydrogen-bond donors (Lipinski definition) is 1. The molecular weight excluding hydrogens is 296 g/mol. The van der Waals surface area contributed by atoms with Crippen LogP contribution in [0.15, 0.2) is 18.2 Å². The van der Waals surface area contributed by atoms with Crippen molar-refractivity contribution in [2.45, 2.75) is 57.6 Å². The highest BCUT2D eigenvalue weighted by molar-refractivity contribution is 5.96. The van der Waals surface area contributed by atoms with Gasteiger partial charge in [-0.2, -0.15) is 0 Å². The summed E-state index contributed by atoms with van der Waals surface area (Å²) in [5, 5.41) is 9.69. The molecule has 0 atom stereocenters. The van der Waals surface area contributed by atoms with E-state index in [0.717, 1.165) is 19.3 Å². The maximum Gasteiger partial charge on any atom is 0.329 e. The van der Waals surface area contributed by atoms with Crippen LogP contribution in [0.4, 0.5) is 0 Å². The number of aromatic nitrogens is 1. The number of amides is 1. The Kier molecular flexibility index (Phi) is 5.23. The molecule has 23 heavy (non-hydrogen) atoms. The van der Waals surface area contributed by atoms with Crippen LogP contribution < -0.4 is 4.74 Å². The van der Waals surface area contributed by atoms with Crippen molar-refractivity contribution in [1.82, 2.24) is 9.88 Å². The Labute approximate surface area is 136 Å². The van der Waals surface area contributed by atoms with Crippen LogP contribution in [0.5, 0.6) is 5.88 Å². The molecule has 6 heteroatoms. The van der Waals surface area contributed by atoms with Crippen molar-refractivity contribution in [2.24, 2.45) is 0 Å². The van der Waals surface area contributed by atoms with Crippen LogP contribution in [0.3, 0.4) is 0 Å². The molecular formula is C17H24N2O4. The number of pyridine rings is 1. The first-order valence-electron chi connectivity index (χ1n) is 8.02. The lowest BCUT2D eigenvalue weighted by molar-refractivity contribution is -0.151. The van der Waals surface area contributed by atoms with Crippen molar-refractivity contribution in [3.05, 3.63) is 23.9 Å². The Hall–Kier alpha value is -2.11. The van der Waals surface area contributed by atoms with Crippen LogP contribution in [0.2, 0.25) is 0 Å². The summed E-state index contributed by atoms with van der Waals surface area (Å²) in [5.41, 5.74) is -0.928. The predicted molar refractivity (Wildman–Crippen MR) is 85.5 cm³/mol. The van der Waals surface area contributed by atoms with E-state index < -0.39 is 11.5 Å². The lowest BCUT2D eigenvalue weighted by Gasteiger charge is -2.40. The van der Waals surface area contributed by atoms with Crippen LogP contribution in [0.25, 0.3) is 0 Å². The molecule has 6 nitrogen and oxygen atoms in total. The third-order valence-electron chi connectivity index (χ3n) is 4.32. The molecule has 126 valence electrons. The van der Waals surface area contributed by atoms with E-state index in [0.29, 0.717) is 18.7 Å². The van der Waals surface area contributed by atoms with Gasteiger partial charge in [-0.3, -0.25) is 4.79 Å². The zero-order valence-electron chi connectivity index (χ0n) is 13.9. The van der Waals surface area contributed by atoms with E-state index in [-0.39, 0.29) is 17.7 Å². The molecule has 0 bridgehead atoms. The highest BCUT2D eigenvalue weighted by atomic mass is 16.5. The van der Waals surface area contributed by atoms with Crippen LogP contribution in [-0.2, 0) is 4.79 Å². The van der Waals surface area contributed by atoms with Crippen LogP contribution in [0.1, 0.15) is 56.4 Å². The number of carbonyl (C=O) groups is 2. The Morgan fingerprint density at radius 3 is 2.48 bits per heavy atom. The standard InChI is InChI=1S/C17H24N2O4/c1-12(2)23-14-9-7-8-13(18-14)15(20)19(3)17(16(21)22)10-5-4-6-11-17/h7-9,12H,4-6,10-11H2,1-3H3,(H,21,22). The molecule has 1 aliphatic carbocycles. The first kappa shape index (κ1) is 17.2. The summed E-state index contributed by atoms with van der Waals surface area (Å²) in [6.07, 6.45) is 3.54. The normalized spacial score (nSPS) is 16.9. The number of aliphatic carboxylic acids is 1.